The Morgan fingerprint density at radius 1 is 1.18 bits per heavy atom. The summed E-state index contributed by atoms with van der Waals surface area (Å²) in [6.45, 7) is 5.19. The Kier molecular flexibility index (Phi) is 12.0. The lowest BCUT2D eigenvalue weighted by Gasteiger charge is -2.33. The molecule has 0 saturated carbocycles. The summed E-state index contributed by atoms with van der Waals surface area (Å²) in [4.78, 5) is 41.7. The van der Waals surface area contributed by atoms with E-state index in [0.717, 1.165) is 6.42 Å². The largest absolute Gasteiger partial charge is 0.493 e. The van der Waals surface area contributed by atoms with Crippen LogP contribution >= 0.6 is 0 Å². The quantitative estimate of drug-likeness (QED) is 0.320. The Morgan fingerprint density at radius 2 is 1.95 bits per heavy atom. The Bertz CT molecular complexity index is 1110. The molecule has 0 radical (unpaired) electrons. The summed E-state index contributed by atoms with van der Waals surface area (Å²) < 4.78 is 39.4. The van der Waals surface area contributed by atoms with E-state index in [1.165, 1.54) is 26.3 Å². The number of nitrogens with zero attached hydrogens (tertiary/aromatic N) is 1. The molecule has 0 spiro atoms. The smallest absolute Gasteiger partial charge is 0.329 e. The van der Waals surface area contributed by atoms with E-state index in [1.807, 2.05) is 37.3 Å². The zero-order chi connectivity index (χ0) is 28.9. The van der Waals surface area contributed by atoms with Gasteiger partial charge in [-0.25, -0.2) is 9.78 Å². The monoisotopic (exact) mass is 560 g/mol. The first-order chi connectivity index (χ1) is 19.3. The van der Waals surface area contributed by atoms with Gasteiger partial charge in [0.05, 0.1) is 13.7 Å². The minimum atomic E-state index is -1.05. The molecule has 1 fully saturated rings. The van der Waals surface area contributed by atoms with Crippen molar-refractivity contribution in [1.29, 1.82) is 0 Å². The summed E-state index contributed by atoms with van der Waals surface area (Å²) in [6.07, 6.45) is 0.353. The van der Waals surface area contributed by atoms with Gasteiger partial charge >= 0.3 is 11.9 Å². The van der Waals surface area contributed by atoms with Gasteiger partial charge in [0.15, 0.2) is 23.3 Å². The summed E-state index contributed by atoms with van der Waals surface area (Å²) in [5.74, 6) is -1.16. The molecule has 12 nitrogen and oxygen atoms in total. The maximum Gasteiger partial charge on any atom is 0.329 e. The van der Waals surface area contributed by atoms with Gasteiger partial charge in [0.25, 0.3) is 5.91 Å². The predicted molar refractivity (Wildman–Crippen MR) is 141 cm³/mol. The third-order valence-corrected chi connectivity index (χ3v) is 5.87. The lowest BCUT2D eigenvalue weighted by Crippen LogP contribution is -2.51. The Labute approximate surface area is 233 Å². The molecule has 3 rings (SSSR count). The molecule has 40 heavy (non-hydrogen) atoms. The number of benzene rings is 1. The molecule has 1 amide bonds. The minimum absolute atomic E-state index is 0.0458. The van der Waals surface area contributed by atoms with E-state index >= 15 is 0 Å². The second kappa shape index (κ2) is 15.6. The Balaban J connectivity index is 1.76. The van der Waals surface area contributed by atoms with Crippen LogP contribution in [0.3, 0.4) is 0 Å². The van der Waals surface area contributed by atoms with Crippen LogP contribution in [0.5, 0.6) is 17.2 Å². The molecule has 218 valence electrons. The van der Waals surface area contributed by atoms with E-state index in [1.54, 1.807) is 6.92 Å². The number of para-hydroxylation sites is 1. The van der Waals surface area contributed by atoms with Gasteiger partial charge in [0.1, 0.15) is 24.0 Å². The van der Waals surface area contributed by atoms with Crippen molar-refractivity contribution in [2.45, 2.75) is 58.0 Å². The summed E-state index contributed by atoms with van der Waals surface area (Å²) >= 11 is 0. The molecule has 0 aliphatic carbocycles. The van der Waals surface area contributed by atoms with Crippen LogP contribution in [-0.2, 0) is 28.5 Å². The van der Waals surface area contributed by atoms with Crippen molar-refractivity contribution in [3.63, 3.8) is 0 Å². The number of amides is 1. The number of carbonyl (C=O) groups excluding carboxylic acids is 3. The number of hydrogen-bond donors (Lipinski definition) is 1. The molecule has 12 heteroatoms. The van der Waals surface area contributed by atoms with Gasteiger partial charge in [-0.1, -0.05) is 25.1 Å². The van der Waals surface area contributed by atoms with Crippen LogP contribution in [0.4, 0.5) is 0 Å². The number of esters is 2. The Hall–Kier alpha value is -3.90. The number of cyclic esters (lactones) is 1. The zero-order valence-corrected chi connectivity index (χ0v) is 23.1. The normalized spacial score (nSPS) is 21.4. The second-order valence-electron chi connectivity index (χ2n) is 8.93. The van der Waals surface area contributed by atoms with Crippen LogP contribution in [0.15, 0.2) is 42.6 Å². The van der Waals surface area contributed by atoms with Gasteiger partial charge in [-0.15, -0.1) is 0 Å². The maximum atomic E-state index is 13.2. The number of ether oxygens (including phenoxy) is 7. The van der Waals surface area contributed by atoms with Crippen molar-refractivity contribution in [3.8, 4) is 17.2 Å². The number of hydrogen-bond acceptors (Lipinski definition) is 11. The van der Waals surface area contributed by atoms with Gasteiger partial charge in [0, 0.05) is 38.8 Å². The number of methoxy groups -OCH3 is 1. The van der Waals surface area contributed by atoms with E-state index < -0.39 is 49.0 Å². The Morgan fingerprint density at radius 3 is 2.65 bits per heavy atom. The van der Waals surface area contributed by atoms with Crippen LogP contribution in [-0.4, -0.2) is 80.9 Å². The molecule has 1 aliphatic heterocycles. The third kappa shape index (κ3) is 8.82. The third-order valence-electron chi connectivity index (χ3n) is 5.87. The average Bonchev–Trinajstić information content (AvgIpc) is 2.94. The highest BCUT2D eigenvalue weighted by molar-refractivity contribution is 5.98. The molecular formula is C28H36N2O10. The van der Waals surface area contributed by atoms with E-state index in [9.17, 15) is 14.4 Å². The predicted octanol–water partition coefficient (Wildman–Crippen LogP) is 2.68. The summed E-state index contributed by atoms with van der Waals surface area (Å²) in [6, 6.07) is 9.69. The van der Waals surface area contributed by atoms with E-state index in [-0.39, 0.29) is 36.8 Å². The van der Waals surface area contributed by atoms with E-state index in [0.29, 0.717) is 12.4 Å². The number of pyridine rings is 1. The van der Waals surface area contributed by atoms with E-state index in [4.69, 9.17) is 33.2 Å². The molecule has 1 saturated heterocycles. The summed E-state index contributed by atoms with van der Waals surface area (Å²) in [5.41, 5.74) is -0.161. The summed E-state index contributed by atoms with van der Waals surface area (Å²) in [5, 5.41) is 2.65. The second-order valence-corrected chi connectivity index (χ2v) is 8.93. The molecule has 1 aliphatic rings. The van der Waals surface area contributed by atoms with Crippen LogP contribution < -0.4 is 19.5 Å². The average molecular weight is 561 g/mol. The van der Waals surface area contributed by atoms with Crippen LogP contribution in [0.2, 0.25) is 0 Å². The molecule has 1 aromatic heterocycles. The standard InChI is InChI=1S/C28H36N2O10/c1-5-14-36-25-18(2)39-28(33)21(12-15-35-16-23(25)40-20-9-7-6-8-10-20)30-27(32)24-26(38-17-37-19(3)31)22(34-4)11-13-29-24/h6-11,13,18,21,23,25H,5,12,14-17H2,1-4H3,(H,30,32)/t18-,21-,23-,25-/m0/s1. The van der Waals surface area contributed by atoms with Gasteiger partial charge in [0.2, 0.25) is 6.79 Å². The van der Waals surface area contributed by atoms with Gasteiger partial charge < -0.3 is 38.5 Å². The van der Waals surface area contributed by atoms with Crippen molar-refractivity contribution >= 4 is 17.8 Å². The van der Waals surface area contributed by atoms with Crippen LogP contribution in [0.1, 0.15) is 44.1 Å². The minimum Gasteiger partial charge on any atom is -0.493 e. The van der Waals surface area contributed by atoms with Crippen molar-refractivity contribution in [3.05, 3.63) is 48.3 Å². The number of rotatable bonds is 11. The highest BCUT2D eigenvalue weighted by Gasteiger charge is 2.36. The van der Waals surface area contributed by atoms with Gasteiger partial charge in [-0.05, 0) is 25.5 Å². The first kappa shape index (κ1) is 30.6. The SMILES string of the molecule is CCCO[C@H]1[C@H](C)OC(=O)[C@@H](NC(=O)c2nccc(OC)c2OCOC(C)=O)CCOC[C@@H]1Oc1ccccc1. The first-order valence-electron chi connectivity index (χ1n) is 13.1. The fourth-order valence-corrected chi connectivity index (χ4v) is 3.94. The highest BCUT2D eigenvalue weighted by atomic mass is 16.7. The highest BCUT2D eigenvalue weighted by Crippen LogP contribution is 2.30. The fourth-order valence-electron chi connectivity index (χ4n) is 3.94. The molecule has 2 heterocycles. The maximum absolute atomic E-state index is 13.2. The molecule has 0 unspecified atom stereocenters. The van der Waals surface area contributed by atoms with Crippen LogP contribution in [0, 0.1) is 0 Å². The molecular weight excluding hydrogens is 524 g/mol. The summed E-state index contributed by atoms with van der Waals surface area (Å²) in [7, 11) is 1.39. The number of nitrogens with one attached hydrogen (secondary N) is 1. The molecule has 1 N–H and O–H groups in total. The van der Waals surface area contributed by atoms with Gasteiger partial charge in [-0.3, -0.25) is 9.59 Å². The molecule has 2 aromatic rings. The number of carbonyl (C=O) groups is 3. The van der Waals surface area contributed by atoms with Gasteiger partial charge in [-0.2, -0.15) is 0 Å². The lowest BCUT2D eigenvalue weighted by molar-refractivity contribution is -0.170. The fraction of sp³-hybridized carbons (Fsp3) is 0.500. The topological polar surface area (TPSA) is 141 Å². The lowest BCUT2D eigenvalue weighted by atomic mass is 10.1. The molecule has 0 bridgehead atoms. The van der Waals surface area contributed by atoms with Crippen LogP contribution in [0.25, 0.3) is 0 Å². The van der Waals surface area contributed by atoms with Crippen molar-refractivity contribution < 1.29 is 47.5 Å². The van der Waals surface area contributed by atoms with Crippen molar-refractivity contribution in [2.24, 2.45) is 0 Å². The van der Waals surface area contributed by atoms with E-state index in [2.05, 4.69) is 10.3 Å². The number of aromatic nitrogens is 1. The zero-order valence-electron chi connectivity index (χ0n) is 23.1. The molecule has 1 aromatic carbocycles. The van der Waals surface area contributed by atoms with Crippen molar-refractivity contribution in [1.82, 2.24) is 10.3 Å². The molecule has 4 atom stereocenters. The van der Waals surface area contributed by atoms with Crippen molar-refractivity contribution in [2.75, 3.05) is 33.7 Å². The first-order valence-corrected chi connectivity index (χ1v) is 13.1.